The van der Waals surface area contributed by atoms with Crippen molar-refractivity contribution in [3.63, 3.8) is 0 Å². The minimum Gasteiger partial charge on any atom is -0.508 e. The molecule has 0 aliphatic carbocycles. The Balaban J connectivity index is 1.82. The second kappa shape index (κ2) is 6.69. The third-order valence-corrected chi connectivity index (χ3v) is 2.79. The van der Waals surface area contributed by atoms with Crippen molar-refractivity contribution in [2.45, 2.75) is 6.42 Å². The molecular weight excluding hydrogens is 278 g/mol. The number of nitrogens with one attached hydrogen (secondary N) is 2. The van der Waals surface area contributed by atoms with Crippen LogP contribution >= 0.6 is 0 Å². The highest BCUT2D eigenvalue weighted by Crippen LogP contribution is 2.14. The molecule has 2 amide bonds. The van der Waals surface area contributed by atoms with Crippen molar-refractivity contribution in [2.75, 3.05) is 11.9 Å². The first kappa shape index (κ1) is 14.8. The Hall–Kier alpha value is -2.63. The molecule has 2 aromatic rings. The van der Waals surface area contributed by atoms with Crippen LogP contribution < -0.4 is 10.6 Å². The van der Waals surface area contributed by atoms with E-state index in [-0.39, 0.29) is 11.4 Å². The van der Waals surface area contributed by atoms with E-state index in [2.05, 4.69) is 10.6 Å². The first-order chi connectivity index (χ1) is 10.0. The smallest absolute Gasteiger partial charge is 0.319 e. The molecule has 0 radical (unpaired) electrons. The average molecular weight is 292 g/mol. The summed E-state index contributed by atoms with van der Waals surface area (Å²) in [5.74, 6) is -1.38. The van der Waals surface area contributed by atoms with Gasteiger partial charge < -0.3 is 15.7 Å². The molecule has 110 valence electrons. The van der Waals surface area contributed by atoms with Gasteiger partial charge in [-0.15, -0.1) is 0 Å². The molecule has 0 unspecified atom stereocenters. The highest BCUT2D eigenvalue weighted by Gasteiger charge is 2.07. The van der Waals surface area contributed by atoms with Gasteiger partial charge in [0.25, 0.3) is 0 Å². The predicted molar refractivity (Wildman–Crippen MR) is 75.2 cm³/mol. The molecule has 2 aromatic carbocycles. The van der Waals surface area contributed by atoms with E-state index in [0.29, 0.717) is 19.0 Å². The van der Waals surface area contributed by atoms with E-state index >= 15 is 0 Å². The highest BCUT2D eigenvalue weighted by atomic mass is 19.1. The summed E-state index contributed by atoms with van der Waals surface area (Å²) in [5.41, 5.74) is 0.773. The maximum absolute atomic E-state index is 13.3. The van der Waals surface area contributed by atoms with E-state index in [1.807, 2.05) is 6.07 Å². The third kappa shape index (κ3) is 4.45. The monoisotopic (exact) mass is 292 g/mol. The first-order valence-electron chi connectivity index (χ1n) is 6.32. The summed E-state index contributed by atoms with van der Waals surface area (Å²) < 4.78 is 26.1. The van der Waals surface area contributed by atoms with E-state index < -0.39 is 17.7 Å². The number of urea groups is 1. The van der Waals surface area contributed by atoms with Gasteiger partial charge in [0, 0.05) is 12.6 Å². The number of carbonyl (C=O) groups excluding carboxylic acids is 1. The molecule has 0 atom stereocenters. The molecule has 3 N–H and O–H groups in total. The molecule has 0 spiro atoms. The number of rotatable bonds is 4. The Bertz CT molecular complexity index is 647. The molecule has 4 nitrogen and oxygen atoms in total. The van der Waals surface area contributed by atoms with Crippen molar-refractivity contribution in [1.82, 2.24) is 5.32 Å². The molecule has 0 fully saturated rings. The van der Waals surface area contributed by atoms with Crippen LogP contribution in [0.3, 0.4) is 0 Å². The molecule has 0 saturated heterocycles. The largest absolute Gasteiger partial charge is 0.508 e. The number of amides is 2. The van der Waals surface area contributed by atoms with Crippen LogP contribution in [0.2, 0.25) is 0 Å². The van der Waals surface area contributed by atoms with Gasteiger partial charge in [-0.3, -0.25) is 0 Å². The zero-order chi connectivity index (χ0) is 15.2. The van der Waals surface area contributed by atoms with E-state index in [4.69, 9.17) is 0 Å². The first-order valence-corrected chi connectivity index (χ1v) is 6.32. The molecule has 0 aromatic heterocycles. The molecule has 0 heterocycles. The molecular formula is C15H14F2N2O2. The minimum absolute atomic E-state index is 0.0914. The van der Waals surface area contributed by atoms with Gasteiger partial charge in [-0.2, -0.15) is 0 Å². The van der Waals surface area contributed by atoms with E-state index in [1.54, 1.807) is 18.2 Å². The molecule has 6 heteroatoms. The van der Waals surface area contributed by atoms with Crippen LogP contribution in [0.25, 0.3) is 0 Å². The molecule has 2 rings (SSSR count). The van der Waals surface area contributed by atoms with Gasteiger partial charge in [-0.1, -0.05) is 12.1 Å². The maximum Gasteiger partial charge on any atom is 0.319 e. The fraction of sp³-hybridized carbons (Fsp3) is 0.133. The molecule has 0 aliphatic heterocycles. The Morgan fingerprint density at radius 2 is 1.95 bits per heavy atom. The summed E-state index contributed by atoms with van der Waals surface area (Å²) in [6, 6.07) is 9.01. The number of aromatic hydroxyl groups is 1. The van der Waals surface area contributed by atoms with Crippen molar-refractivity contribution >= 4 is 11.7 Å². The fourth-order valence-electron chi connectivity index (χ4n) is 1.79. The number of halogens is 2. The second-order valence-electron chi connectivity index (χ2n) is 4.42. The van der Waals surface area contributed by atoms with Gasteiger partial charge in [-0.05, 0) is 36.2 Å². The summed E-state index contributed by atoms with van der Waals surface area (Å²) >= 11 is 0. The Labute approximate surface area is 120 Å². The fourth-order valence-corrected chi connectivity index (χ4v) is 1.79. The highest BCUT2D eigenvalue weighted by molar-refractivity contribution is 5.89. The van der Waals surface area contributed by atoms with Crippen LogP contribution in [0.1, 0.15) is 5.56 Å². The molecule has 21 heavy (non-hydrogen) atoms. The van der Waals surface area contributed by atoms with Crippen molar-refractivity contribution in [3.8, 4) is 5.75 Å². The van der Waals surface area contributed by atoms with Crippen LogP contribution in [0.4, 0.5) is 19.3 Å². The lowest BCUT2D eigenvalue weighted by molar-refractivity contribution is 0.252. The number of phenols is 1. The van der Waals surface area contributed by atoms with E-state index in [0.717, 1.165) is 17.7 Å². The van der Waals surface area contributed by atoms with Crippen molar-refractivity contribution in [2.24, 2.45) is 0 Å². The van der Waals surface area contributed by atoms with Crippen LogP contribution in [0.5, 0.6) is 5.75 Å². The molecule has 0 bridgehead atoms. The number of hydrogen-bond acceptors (Lipinski definition) is 2. The Morgan fingerprint density at radius 1 is 1.14 bits per heavy atom. The average Bonchev–Trinajstić information content (AvgIpc) is 2.42. The van der Waals surface area contributed by atoms with Gasteiger partial charge in [0.1, 0.15) is 17.4 Å². The van der Waals surface area contributed by atoms with Crippen molar-refractivity contribution < 1.29 is 18.7 Å². The Morgan fingerprint density at radius 3 is 2.67 bits per heavy atom. The predicted octanol–water partition coefficient (Wildman–Crippen LogP) is 3.03. The van der Waals surface area contributed by atoms with Crippen LogP contribution in [-0.2, 0) is 6.42 Å². The summed E-state index contributed by atoms with van der Waals surface area (Å²) in [6.07, 6.45) is 0.522. The summed E-state index contributed by atoms with van der Waals surface area (Å²) in [4.78, 5) is 11.6. The summed E-state index contributed by atoms with van der Waals surface area (Å²) in [5, 5.41) is 14.1. The maximum atomic E-state index is 13.3. The third-order valence-electron chi connectivity index (χ3n) is 2.79. The lowest BCUT2D eigenvalue weighted by atomic mass is 10.1. The van der Waals surface area contributed by atoms with E-state index in [9.17, 15) is 18.7 Å². The zero-order valence-electron chi connectivity index (χ0n) is 11.1. The second-order valence-corrected chi connectivity index (χ2v) is 4.42. The molecule has 0 saturated carbocycles. The number of hydrogen-bond donors (Lipinski definition) is 3. The van der Waals surface area contributed by atoms with Gasteiger partial charge in [0.15, 0.2) is 0 Å². The summed E-state index contributed by atoms with van der Waals surface area (Å²) in [7, 11) is 0. The standard InChI is InChI=1S/C15H14F2N2O2/c16-11-4-5-14(13(17)9-11)19-15(21)18-7-6-10-2-1-3-12(20)8-10/h1-5,8-9,20H,6-7H2,(H2,18,19,21). The molecule has 0 aliphatic rings. The Kier molecular flexibility index (Phi) is 4.71. The van der Waals surface area contributed by atoms with E-state index in [1.165, 1.54) is 0 Å². The summed E-state index contributed by atoms with van der Waals surface area (Å²) in [6.45, 7) is 0.318. The topological polar surface area (TPSA) is 61.4 Å². The van der Waals surface area contributed by atoms with Crippen LogP contribution in [0, 0.1) is 11.6 Å². The van der Waals surface area contributed by atoms with Gasteiger partial charge >= 0.3 is 6.03 Å². The number of carbonyl (C=O) groups is 1. The zero-order valence-corrected chi connectivity index (χ0v) is 11.1. The van der Waals surface area contributed by atoms with Gasteiger partial charge in [0.05, 0.1) is 5.69 Å². The SMILES string of the molecule is O=C(NCCc1cccc(O)c1)Nc1ccc(F)cc1F. The van der Waals surface area contributed by atoms with Crippen molar-refractivity contribution in [3.05, 3.63) is 59.7 Å². The lowest BCUT2D eigenvalue weighted by Gasteiger charge is -2.08. The lowest BCUT2D eigenvalue weighted by Crippen LogP contribution is -2.30. The quantitative estimate of drug-likeness (QED) is 0.811. The van der Waals surface area contributed by atoms with Crippen molar-refractivity contribution in [1.29, 1.82) is 0 Å². The van der Waals surface area contributed by atoms with Crippen LogP contribution in [0.15, 0.2) is 42.5 Å². The van der Waals surface area contributed by atoms with Crippen LogP contribution in [-0.4, -0.2) is 17.7 Å². The van der Waals surface area contributed by atoms with Gasteiger partial charge in [0.2, 0.25) is 0 Å². The normalized spacial score (nSPS) is 10.2. The number of phenolic OH excluding ortho intramolecular Hbond substituents is 1. The number of benzene rings is 2. The van der Waals surface area contributed by atoms with Gasteiger partial charge in [-0.25, -0.2) is 13.6 Å². The number of anilines is 1. The minimum atomic E-state index is -0.835.